The summed E-state index contributed by atoms with van der Waals surface area (Å²) in [6.07, 6.45) is 1.85. The zero-order valence-electron chi connectivity index (χ0n) is 17.6. The number of H-pyrrole nitrogens is 1. The number of halogens is 1. The van der Waals surface area contributed by atoms with Crippen LogP contribution in [0.4, 0.5) is 0 Å². The van der Waals surface area contributed by atoms with Crippen molar-refractivity contribution in [1.29, 1.82) is 0 Å². The van der Waals surface area contributed by atoms with Crippen molar-refractivity contribution in [3.8, 4) is 16.9 Å². The van der Waals surface area contributed by atoms with Crippen molar-refractivity contribution in [3.05, 3.63) is 108 Å². The van der Waals surface area contributed by atoms with Gasteiger partial charge in [0, 0.05) is 43.2 Å². The van der Waals surface area contributed by atoms with E-state index in [0.717, 1.165) is 32.4 Å². The minimum absolute atomic E-state index is 0.923. The predicted octanol–water partition coefficient (Wildman–Crippen LogP) is 8.24. The summed E-state index contributed by atoms with van der Waals surface area (Å²) in [5.41, 5.74) is 6.94. The second-order valence-electron chi connectivity index (χ2n) is 8.32. The first-order valence-electron chi connectivity index (χ1n) is 10.9. The number of para-hydroxylation sites is 2. The van der Waals surface area contributed by atoms with E-state index in [1.807, 2.05) is 18.3 Å². The van der Waals surface area contributed by atoms with Gasteiger partial charge in [-0.2, -0.15) is 0 Å². The van der Waals surface area contributed by atoms with Crippen LogP contribution in [0.2, 0.25) is 0 Å². The van der Waals surface area contributed by atoms with E-state index in [9.17, 15) is 0 Å². The van der Waals surface area contributed by atoms with E-state index in [2.05, 4.69) is 115 Å². The Hall–Kier alpha value is -3.89. The first-order chi connectivity index (χ1) is 16.3. The maximum Gasteiger partial charge on any atom is 0.137 e. The number of rotatable bonds is 2. The maximum absolute atomic E-state index is 4.66. The lowest BCUT2D eigenvalue weighted by molar-refractivity contribution is 1.08. The Morgan fingerprint density at radius 3 is 2.30 bits per heavy atom. The molecule has 0 aliphatic rings. The molecule has 0 aliphatic heterocycles. The van der Waals surface area contributed by atoms with E-state index in [1.165, 1.54) is 32.7 Å². The van der Waals surface area contributed by atoms with E-state index in [0.29, 0.717) is 0 Å². The Morgan fingerprint density at radius 2 is 1.42 bits per heavy atom. The third-order valence-corrected chi connectivity index (χ3v) is 7.11. The van der Waals surface area contributed by atoms with Gasteiger partial charge in [0.1, 0.15) is 5.82 Å². The molecule has 0 unspecified atom stereocenters. The number of aromatic amines is 1. The molecule has 0 radical (unpaired) electrons. The van der Waals surface area contributed by atoms with Crippen LogP contribution in [0.5, 0.6) is 0 Å². The zero-order valence-corrected chi connectivity index (χ0v) is 19.2. The van der Waals surface area contributed by atoms with Crippen LogP contribution in [0.1, 0.15) is 0 Å². The fourth-order valence-electron chi connectivity index (χ4n) is 4.96. The highest BCUT2D eigenvalue weighted by Crippen LogP contribution is 2.39. The monoisotopic (exact) mass is 487 g/mol. The molecule has 0 fully saturated rings. The van der Waals surface area contributed by atoms with E-state index in [-0.39, 0.29) is 0 Å². The molecule has 156 valence electrons. The van der Waals surface area contributed by atoms with Gasteiger partial charge >= 0.3 is 0 Å². The molecule has 4 aromatic carbocycles. The number of aromatic nitrogens is 3. The van der Waals surface area contributed by atoms with Gasteiger partial charge < -0.3 is 4.98 Å². The first-order valence-corrected chi connectivity index (χ1v) is 11.7. The van der Waals surface area contributed by atoms with Gasteiger partial charge in [-0.3, -0.25) is 4.57 Å². The van der Waals surface area contributed by atoms with Crippen LogP contribution < -0.4 is 0 Å². The van der Waals surface area contributed by atoms with Gasteiger partial charge in [0.2, 0.25) is 0 Å². The summed E-state index contributed by atoms with van der Waals surface area (Å²) in [6, 6.07) is 34.3. The smallest absolute Gasteiger partial charge is 0.137 e. The molecule has 0 saturated heterocycles. The molecule has 1 N–H and O–H groups in total. The lowest BCUT2D eigenvalue weighted by atomic mass is 10.0. The SMILES string of the molecule is Brc1cc2[nH]c3ccccc3c2cc1-c1ccc2c3ccccc3n(-c3ccccn3)c2c1. The molecular formula is C29H18BrN3. The predicted molar refractivity (Wildman–Crippen MR) is 141 cm³/mol. The van der Waals surface area contributed by atoms with Crippen molar-refractivity contribution in [1.82, 2.24) is 14.5 Å². The number of benzene rings is 4. The van der Waals surface area contributed by atoms with Gasteiger partial charge in [-0.15, -0.1) is 0 Å². The average Bonchev–Trinajstić information content (AvgIpc) is 3.38. The third-order valence-electron chi connectivity index (χ3n) is 6.46. The van der Waals surface area contributed by atoms with Gasteiger partial charge in [0.05, 0.1) is 11.0 Å². The molecule has 33 heavy (non-hydrogen) atoms. The second-order valence-corrected chi connectivity index (χ2v) is 9.17. The molecule has 0 amide bonds. The van der Waals surface area contributed by atoms with E-state index < -0.39 is 0 Å². The average molecular weight is 488 g/mol. The Bertz CT molecular complexity index is 1830. The quantitative estimate of drug-likeness (QED) is 0.261. The molecular weight excluding hydrogens is 470 g/mol. The first kappa shape index (κ1) is 18.7. The maximum atomic E-state index is 4.66. The number of hydrogen-bond donors (Lipinski definition) is 1. The van der Waals surface area contributed by atoms with E-state index in [1.54, 1.807) is 0 Å². The van der Waals surface area contributed by atoms with E-state index in [4.69, 9.17) is 0 Å². The lowest BCUT2D eigenvalue weighted by Crippen LogP contribution is -1.96. The Morgan fingerprint density at radius 1 is 0.636 bits per heavy atom. The summed E-state index contributed by atoms with van der Waals surface area (Å²) < 4.78 is 3.33. The molecule has 0 atom stereocenters. The highest BCUT2D eigenvalue weighted by atomic mass is 79.9. The molecule has 0 aliphatic carbocycles. The molecule has 7 aromatic rings. The Balaban J connectivity index is 1.53. The van der Waals surface area contributed by atoms with Gasteiger partial charge in [0.25, 0.3) is 0 Å². The summed E-state index contributed by atoms with van der Waals surface area (Å²) in [5, 5.41) is 4.93. The van der Waals surface area contributed by atoms with Crippen LogP contribution in [0.15, 0.2) is 108 Å². The molecule has 3 heterocycles. The fourth-order valence-corrected chi connectivity index (χ4v) is 5.54. The number of nitrogens with zero attached hydrogens (tertiary/aromatic N) is 2. The minimum Gasteiger partial charge on any atom is -0.354 e. The van der Waals surface area contributed by atoms with Gasteiger partial charge in [-0.05, 0) is 53.6 Å². The van der Waals surface area contributed by atoms with Gasteiger partial charge in [0.15, 0.2) is 0 Å². The third kappa shape index (κ3) is 2.77. The largest absolute Gasteiger partial charge is 0.354 e. The summed E-state index contributed by atoms with van der Waals surface area (Å²) >= 11 is 3.83. The Kier molecular flexibility index (Phi) is 3.99. The summed E-state index contributed by atoms with van der Waals surface area (Å²) in [5.74, 6) is 0.923. The highest BCUT2D eigenvalue weighted by molar-refractivity contribution is 9.10. The molecule has 0 bridgehead atoms. The van der Waals surface area contributed by atoms with E-state index >= 15 is 0 Å². The molecule has 4 heteroatoms. The molecule has 0 spiro atoms. The standard InChI is InChI=1S/C29H18BrN3/c30-24-17-26-23(19-7-1-3-9-25(19)32-26)16-22(24)18-12-13-21-20-8-2-4-10-27(20)33(28(21)15-18)29-11-5-6-14-31-29/h1-17,32H. The van der Waals surface area contributed by atoms with Crippen LogP contribution in [-0.4, -0.2) is 14.5 Å². The van der Waals surface area contributed by atoms with Gasteiger partial charge in [-0.1, -0.05) is 70.5 Å². The lowest BCUT2D eigenvalue weighted by Gasteiger charge is -2.09. The van der Waals surface area contributed by atoms with Crippen molar-refractivity contribution >= 4 is 59.5 Å². The van der Waals surface area contributed by atoms with Crippen LogP contribution in [0.25, 0.3) is 60.6 Å². The van der Waals surface area contributed by atoms with Crippen LogP contribution in [-0.2, 0) is 0 Å². The molecule has 3 aromatic heterocycles. The number of fused-ring (bicyclic) bond motifs is 6. The highest BCUT2D eigenvalue weighted by Gasteiger charge is 2.15. The van der Waals surface area contributed by atoms with Crippen LogP contribution in [0, 0.1) is 0 Å². The topological polar surface area (TPSA) is 33.6 Å². The summed E-state index contributed by atoms with van der Waals surface area (Å²) in [7, 11) is 0. The number of hydrogen-bond acceptors (Lipinski definition) is 1. The fraction of sp³-hybridized carbons (Fsp3) is 0. The van der Waals surface area contributed by atoms with Crippen molar-refractivity contribution in [2.45, 2.75) is 0 Å². The zero-order chi connectivity index (χ0) is 21.9. The molecule has 0 saturated carbocycles. The number of nitrogens with one attached hydrogen (secondary N) is 1. The van der Waals surface area contributed by atoms with Crippen LogP contribution >= 0.6 is 15.9 Å². The Labute approximate surface area is 198 Å². The molecule has 3 nitrogen and oxygen atoms in total. The van der Waals surface area contributed by atoms with Crippen molar-refractivity contribution in [3.63, 3.8) is 0 Å². The number of pyridine rings is 1. The van der Waals surface area contributed by atoms with Gasteiger partial charge in [-0.25, -0.2) is 4.98 Å². The normalized spacial score (nSPS) is 11.8. The van der Waals surface area contributed by atoms with Crippen molar-refractivity contribution < 1.29 is 0 Å². The second kappa shape index (κ2) is 7.06. The van der Waals surface area contributed by atoms with Crippen molar-refractivity contribution in [2.75, 3.05) is 0 Å². The van der Waals surface area contributed by atoms with Crippen molar-refractivity contribution in [2.24, 2.45) is 0 Å². The van der Waals surface area contributed by atoms with Crippen LogP contribution in [0.3, 0.4) is 0 Å². The minimum atomic E-state index is 0.923. The summed E-state index contributed by atoms with van der Waals surface area (Å²) in [4.78, 5) is 8.19. The molecule has 7 rings (SSSR count). The summed E-state index contributed by atoms with van der Waals surface area (Å²) in [6.45, 7) is 0.